The standard InChI is InChI=1S/C16H30N2O2/c1-2-13-11-16(12-17,7-9-19-13)18-8-10-20-15-6-4-3-5-14(15)18/h13-15H,2-12,17H2,1H3. The van der Waals surface area contributed by atoms with Crippen LogP contribution in [0.3, 0.4) is 0 Å². The van der Waals surface area contributed by atoms with Crippen molar-refractivity contribution in [1.29, 1.82) is 0 Å². The summed E-state index contributed by atoms with van der Waals surface area (Å²) in [5, 5.41) is 0. The zero-order valence-electron chi connectivity index (χ0n) is 12.9. The Bertz CT molecular complexity index is 324. The number of morpholine rings is 1. The van der Waals surface area contributed by atoms with Crippen molar-refractivity contribution in [2.45, 2.75) is 75.7 Å². The Morgan fingerprint density at radius 3 is 2.85 bits per heavy atom. The second-order valence-electron chi connectivity index (χ2n) is 6.74. The van der Waals surface area contributed by atoms with Crippen molar-refractivity contribution in [3.63, 3.8) is 0 Å². The van der Waals surface area contributed by atoms with Gasteiger partial charge in [0.1, 0.15) is 0 Å². The van der Waals surface area contributed by atoms with E-state index in [0.717, 1.165) is 45.6 Å². The lowest BCUT2D eigenvalue weighted by atomic mass is 9.79. The topological polar surface area (TPSA) is 47.7 Å². The maximum absolute atomic E-state index is 6.27. The Morgan fingerprint density at radius 1 is 1.20 bits per heavy atom. The zero-order valence-corrected chi connectivity index (χ0v) is 12.9. The minimum absolute atomic E-state index is 0.156. The third-order valence-corrected chi connectivity index (χ3v) is 5.71. The van der Waals surface area contributed by atoms with Crippen LogP contribution in [-0.4, -0.2) is 55.0 Å². The molecular weight excluding hydrogens is 252 g/mol. The van der Waals surface area contributed by atoms with Crippen LogP contribution in [0.25, 0.3) is 0 Å². The fraction of sp³-hybridized carbons (Fsp3) is 1.00. The predicted molar refractivity (Wildman–Crippen MR) is 79.8 cm³/mol. The molecule has 0 aromatic carbocycles. The Hall–Kier alpha value is -0.160. The smallest absolute Gasteiger partial charge is 0.0731 e. The summed E-state index contributed by atoms with van der Waals surface area (Å²) in [5.41, 5.74) is 6.43. The van der Waals surface area contributed by atoms with Crippen molar-refractivity contribution in [2.24, 2.45) is 5.73 Å². The van der Waals surface area contributed by atoms with Gasteiger partial charge in [0.15, 0.2) is 0 Å². The highest BCUT2D eigenvalue weighted by atomic mass is 16.5. The fourth-order valence-corrected chi connectivity index (χ4v) is 4.51. The van der Waals surface area contributed by atoms with Crippen LogP contribution in [0.4, 0.5) is 0 Å². The Morgan fingerprint density at radius 2 is 2.05 bits per heavy atom. The number of hydrogen-bond acceptors (Lipinski definition) is 4. The molecule has 4 nitrogen and oxygen atoms in total. The molecule has 1 aliphatic carbocycles. The average molecular weight is 282 g/mol. The summed E-state index contributed by atoms with van der Waals surface area (Å²) in [6.07, 6.45) is 9.30. The van der Waals surface area contributed by atoms with E-state index >= 15 is 0 Å². The molecule has 0 spiro atoms. The number of ether oxygens (including phenoxy) is 2. The van der Waals surface area contributed by atoms with Gasteiger partial charge in [0, 0.05) is 31.3 Å². The van der Waals surface area contributed by atoms with Crippen molar-refractivity contribution >= 4 is 0 Å². The number of rotatable bonds is 3. The molecule has 3 fully saturated rings. The summed E-state index contributed by atoms with van der Waals surface area (Å²) in [6, 6.07) is 0.594. The first-order valence-corrected chi connectivity index (χ1v) is 8.49. The Labute approximate surface area is 123 Å². The zero-order chi connectivity index (χ0) is 14.0. The van der Waals surface area contributed by atoms with Crippen molar-refractivity contribution in [3.8, 4) is 0 Å². The molecule has 4 atom stereocenters. The van der Waals surface area contributed by atoms with E-state index < -0.39 is 0 Å². The number of nitrogens with two attached hydrogens (primary N) is 1. The van der Waals surface area contributed by atoms with Gasteiger partial charge >= 0.3 is 0 Å². The minimum Gasteiger partial charge on any atom is -0.378 e. The van der Waals surface area contributed by atoms with E-state index in [0.29, 0.717) is 18.2 Å². The van der Waals surface area contributed by atoms with Gasteiger partial charge in [0.2, 0.25) is 0 Å². The SMILES string of the molecule is CCC1CC(CN)(N2CCOC3CCCCC32)CCO1. The second kappa shape index (κ2) is 6.30. The molecule has 0 aromatic heterocycles. The normalized spacial score (nSPS) is 43.2. The molecule has 4 heteroatoms. The first-order chi connectivity index (χ1) is 9.79. The number of fused-ring (bicyclic) bond motifs is 1. The van der Waals surface area contributed by atoms with Crippen LogP contribution in [-0.2, 0) is 9.47 Å². The molecule has 20 heavy (non-hydrogen) atoms. The molecule has 116 valence electrons. The summed E-state index contributed by atoms with van der Waals surface area (Å²) in [4.78, 5) is 2.73. The quantitative estimate of drug-likeness (QED) is 0.859. The average Bonchev–Trinajstić information content (AvgIpc) is 2.54. The van der Waals surface area contributed by atoms with Gasteiger partial charge < -0.3 is 15.2 Å². The van der Waals surface area contributed by atoms with E-state index in [1.165, 1.54) is 25.7 Å². The van der Waals surface area contributed by atoms with Crippen LogP contribution in [0.2, 0.25) is 0 Å². The molecular formula is C16H30N2O2. The molecule has 0 aromatic rings. The largest absolute Gasteiger partial charge is 0.378 e. The van der Waals surface area contributed by atoms with Gasteiger partial charge in [-0.25, -0.2) is 0 Å². The third-order valence-electron chi connectivity index (χ3n) is 5.71. The summed E-state index contributed by atoms with van der Waals surface area (Å²) in [7, 11) is 0. The molecule has 3 rings (SSSR count). The summed E-state index contributed by atoms with van der Waals surface area (Å²) >= 11 is 0. The lowest BCUT2D eigenvalue weighted by Gasteiger charge is -2.55. The molecule has 0 radical (unpaired) electrons. The van der Waals surface area contributed by atoms with Crippen molar-refractivity contribution in [2.75, 3.05) is 26.3 Å². The lowest BCUT2D eigenvalue weighted by Crippen LogP contribution is -2.66. The third kappa shape index (κ3) is 2.63. The first kappa shape index (κ1) is 14.8. The van der Waals surface area contributed by atoms with Gasteiger partial charge in [-0.2, -0.15) is 0 Å². The maximum Gasteiger partial charge on any atom is 0.0731 e. The van der Waals surface area contributed by atoms with E-state index in [-0.39, 0.29) is 5.54 Å². The minimum atomic E-state index is 0.156. The Balaban J connectivity index is 1.79. The Kier molecular flexibility index (Phi) is 4.65. The van der Waals surface area contributed by atoms with E-state index in [1.54, 1.807) is 0 Å². The lowest BCUT2D eigenvalue weighted by molar-refractivity contribution is -0.155. The van der Waals surface area contributed by atoms with Crippen LogP contribution < -0.4 is 5.73 Å². The summed E-state index contributed by atoms with van der Waals surface area (Å²) < 4.78 is 11.9. The molecule has 1 saturated carbocycles. The first-order valence-electron chi connectivity index (χ1n) is 8.49. The van der Waals surface area contributed by atoms with Crippen molar-refractivity contribution in [1.82, 2.24) is 4.90 Å². The van der Waals surface area contributed by atoms with Crippen molar-refractivity contribution in [3.05, 3.63) is 0 Å². The molecule has 2 heterocycles. The summed E-state index contributed by atoms with van der Waals surface area (Å²) in [5.74, 6) is 0. The molecule has 4 unspecified atom stereocenters. The van der Waals surface area contributed by atoms with Crippen LogP contribution >= 0.6 is 0 Å². The number of hydrogen-bond donors (Lipinski definition) is 1. The monoisotopic (exact) mass is 282 g/mol. The second-order valence-corrected chi connectivity index (χ2v) is 6.74. The predicted octanol–water partition coefficient (Wildman–Crippen LogP) is 1.92. The van der Waals surface area contributed by atoms with Gasteiger partial charge in [-0.1, -0.05) is 19.8 Å². The van der Waals surface area contributed by atoms with Gasteiger partial charge in [0.05, 0.1) is 18.8 Å². The van der Waals surface area contributed by atoms with E-state index in [1.807, 2.05) is 0 Å². The van der Waals surface area contributed by atoms with E-state index in [4.69, 9.17) is 15.2 Å². The van der Waals surface area contributed by atoms with Gasteiger partial charge in [0.25, 0.3) is 0 Å². The fourth-order valence-electron chi connectivity index (χ4n) is 4.51. The van der Waals surface area contributed by atoms with Gasteiger partial charge in [-0.05, 0) is 32.1 Å². The van der Waals surface area contributed by atoms with Crippen LogP contribution in [0.1, 0.15) is 51.9 Å². The highest BCUT2D eigenvalue weighted by Gasteiger charge is 2.47. The van der Waals surface area contributed by atoms with Gasteiger partial charge in [-0.15, -0.1) is 0 Å². The van der Waals surface area contributed by atoms with E-state index in [9.17, 15) is 0 Å². The number of nitrogens with zero attached hydrogens (tertiary/aromatic N) is 1. The molecule has 0 bridgehead atoms. The molecule has 2 aliphatic heterocycles. The molecule has 2 saturated heterocycles. The summed E-state index contributed by atoms with van der Waals surface area (Å²) in [6.45, 7) is 5.77. The highest BCUT2D eigenvalue weighted by molar-refractivity contribution is 5.02. The van der Waals surface area contributed by atoms with Crippen molar-refractivity contribution < 1.29 is 9.47 Å². The van der Waals surface area contributed by atoms with Crippen LogP contribution in [0.5, 0.6) is 0 Å². The maximum atomic E-state index is 6.27. The van der Waals surface area contributed by atoms with E-state index in [2.05, 4.69) is 11.8 Å². The highest BCUT2D eigenvalue weighted by Crippen LogP contribution is 2.38. The molecule has 0 amide bonds. The van der Waals surface area contributed by atoms with Gasteiger partial charge in [-0.3, -0.25) is 4.90 Å². The van der Waals surface area contributed by atoms with Crippen LogP contribution in [0, 0.1) is 0 Å². The molecule has 3 aliphatic rings. The molecule has 2 N–H and O–H groups in total. The van der Waals surface area contributed by atoms with Crippen LogP contribution in [0.15, 0.2) is 0 Å².